The summed E-state index contributed by atoms with van der Waals surface area (Å²) in [6.07, 6.45) is 5.61. The summed E-state index contributed by atoms with van der Waals surface area (Å²) in [7, 11) is 4.15. The molecule has 0 radical (unpaired) electrons. The third-order valence-electron chi connectivity index (χ3n) is 5.79. The molecule has 2 aromatic rings. The standard InChI is InChI=1S/C24H29NO6/c1-25(15-17-11-5-4-6-12-17)22-20(24(28)30-3)19(23(27)29-2)21(31-22)18(26)14-13-16-9-7-8-10-16/h4-6,11-12,16H,7-10,13-15H2,1-3H3. The number of nitrogens with zero attached hydrogens (tertiary/aromatic N) is 1. The molecule has 0 N–H and O–H groups in total. The molecule has 0 bridgehead atoms. The van der Waals surface area contributed by atoms with Crippen molar-refractivity contribution in [1.29, 1.82) is 0 Å². The second kappa shape index (κ2) is 10.3. The zero-order valence-corrected chi connectivity index (χ0v) is 18.3. The number of methoxy groups -OCH3 is 2. The van der Waals surface area contributed by atoms with E-state index in [1.165, 1.54) is 27.1 Å². The number of ether oxygens (including phenoxy) is 2. The number of carbonyl (C=O) groups is 3. The summed E-state index contributed by atoms with van der Waals surface area (Å²) in [5.41, 5.74) is 0.726. The number of esters is 2. The average molecular weight is 427 g/mol. The van der Waals surface area contributed by atoms with Gasteiger partial charge in [-0.05, 0) is 17.9 Å². The number of furan rings is 1. The van der Waals surface area contributed by atoms with Crippen molar-refractivity contribution in [3.05, 3.63) is 52.8 Å². The number of benzene rings is 1. The van der Waals surface area contributed by atoms with Crippen molar-refractivity contribution in [3.63, 3.8) is 0 Å². The Bertz CT molecular complexity index is 927. The van der Waals surface area contributed by atoms with Gasteiger partial charge in [0.25, 0.3) is 0 Å². The first kappa shape index (κ1) is 22.6. The third-order valence-corrected chi connectivity index (χ3v) is 5.79. The lowest BCUT2D eigenvalue weighted by Gasteiger charge is -2.17. The molecular weight excluding hydrogens is 398 g/mol. The highest BCUT2D eigenvalue weighted by Crippen LogP contribution is 2.34. The zero-order valence-electron chi connectivity index (χ0n) is 18.3. The van der Waals surface area contributed by atoms with Crippen LogP contribution in [0.4, 0.5) is 5.88 Å². The molecule has 1 heterocycles. The first-order valence-electron chi connectivity index (χ1n) is 10.6. The molecule has 7 nitrogen and oxygen atoms in total. The van der Waals surface area contributed by atoms with Crippen molar-refractivity contribution >= 4 is 23.6 Å². The van der Waals surface area contributed by atoms with Crippen LogP contribution in [0.25, 0.3) is 0 Å². The fraction of sp³-hybridized carbons (Fsp3) is 0.458. The monoisotopic (exact) mass is 427 g/mol. The van der Waals surface area contributed by atoms with E-state index in [2.05, 4.69) is 0 Å². The van der Waals surface area contributed by atoms with Crippen molar-refractivity contribution in [2.24, 2.45) is 5.92 Å². The number of hydrogen-bond acceptors (Lipinski definition) is 7. The largest absolute Gasteiger partial charge is 0.465 e. The Hall–Kier alpha value is -3.09. The summed E-state index contributed by atoms with van der Waals surface area (Å²) in [5.74, 6) is -1.38. The minimum Gasteiger partial charge on any atom is -0.465 e. The number of Topliss-reactive ketones (excluding diaryl/α,β-unsaturated/α-hetero) is 1. The Balaban J connectivity index is 1.97. The highest BCUT2D eigenvalue weighted by Gasteiger charge is 2.36. The van der Waals surface area contributed by atoms with Gasteiger partial charge in [0.2, 0.25) is 5.88 Å². The van der Waals surface area contributed by atoms with Crippen LogP contribution in [0.15, 0.2) is 34.7 Å². The van der Waals surface area contributed by atoms with Crippen LogP contribution in [0.3, 0.4) is 0 Å². The van der Waals surface area contributed by atoms with E-state index in [-0.39, 0.29) is 35.0 Å². The number of hydrogen-bond donors (Lipinski definition) is 0. The fourth-order valence-corrected chi connectivity index (χ4v) is 4.15. The predicted octanol–water partition coefficient (Wildman–Crippen LogP) is 4.64. The average Bonchev–Trinajstić information content (AvgIpc) is 3.45. The molecule has 1 aromatic heterocycles. The molecule has 1 aliphatic rings. The highest BCUT2D eigenvalue weighted by atomic mass is 16.5. The van der Waals surface area contributed by atoms with E-state index < -0.39 is 11.9 Å². The van der Waals surface area contributed by atoms with Crippen LogP contribution in [0, 0.1) is 5.92 Å². The molecule has 1 saturated carbocycles. The Morgan fingerprint density at radius 1 is 1.00 bits per heavy atom. The van der Waals surface area contributed by atoms with Gasteiger partial charge in [-0.25, -0.2) is 9.59 Å². The molecule has 1 aromatic carbocycles. The topological polar surface area (TPSA) is 86.1 Å². The van der Waals surface area contributed by atoms with Gasteiger partial charge in [-0.1, -0.05) is 56.0 Å². The summed E-state index contributed by atoms with van der Waals surface area (Å²) in [5, 5.41) is 0. The second-order valence-corrected chi connectivity index (χ2v) is 7.92. The van der Waals surface area contributed by atoms with Crippen LogP contribution in [-0.2, 0) is 16.0 Å². The molecular formula is C24H29NO6. The Kier molecular flexibility index (Phi) is 7.50. The lowest BCUT2D eigenvalue weighted by atomic mass is 9.98. The van der Waals surface area contributed by atoms with Gasteiger partial charge in [-0.15, -0.1) is 0 Å². The van der Waals surface area contributed by atoms with Gasteiger partial charge < -0.3 is 18.8 Å². The second-order valence-electron chi connectivity index (χ2n) is 7.92. The fourth-order valence-electron chi connectivity index (χ4n) is 4.15. The van der Waals surface area contributed by atoms with Crippen molar-refractivity contribution < 1.29 is 28.3 Å². The lowest BCUT2D eigenvalue weighted by molar-refractivity contribution is 0.0555. The smallest absolute Gasteiger partial charge is 0.344 e. The van der Waals surface area contributed by atoms with E-state index in [0.717, 1.165) is 24.8 Å². The summed E-state index contributed by atoms with van der Waals surface area (Å²) in [6.45, 7) is 0.411. The van der Waals surface area contributed by atoms with Gasteiger partial charge in [-0.2, -0.15) is 0 Å². The summed E-state index contributed by atoms with van der Waals surface area (Å²) in [4.78, 5) is 39.9. The minimum atomic E-state index is -0.798. The van der Waals surface area contributed by atoms with Crippen LogP contribution >= 0.6 is 0 Å². The molecule has 0 saturated heterocycles. The van der Waals surface area contributed by atoms with Gasteiger partial charge in [0.1, 0.15) is 11.1 Å². The molecule has 1 aliphatic carbocycles. The molecule has 166 valence electrons. The molecule has 0 spiro atoms. The van der Waals surface area contributed by atoms with Crippen molar-refractivity contribution in [2.45, 2.75) is 45.1 Å². The predicted molar refractivity (Wildman–Crippen MR) is 115 cm³/mol. The maximum absolute atomic E-state index is 13.0. The van der Waals surface area contributed by atoms with Crippen molar-refractivity contribution in [2.75, 3.05) is 26.2 Å². The van der Waals surface area contributed by atoms with Gasteiger partial charge in [-0.3, -0.25) is 4.79 Å². The van der Waals surface area contributed by atoms with Gasteiger partial charge in [0, 0.05) is 20.0 Å². The maximum atomic E-state index is 13.0. The Morgan fingerprint density at radius 2 is 1.61 bits per heavy atom. The molecule has 31 heavy (non-hydrogen) atoms. The van der Waals surface area contributed by atoms with Crippen LogP contribution in [0.1, 0.15) is 75.4 Å². The van der Waals surface area contributed by atoms with E-state index in [1.807, 2.05) is 30.3 Å². The first-order chi connectivity index (χ1) is 15.0. The van der Waals surface area contributed by atoms with E-state index in [1.54, 1.807) is 11.9 Å². The maximum Gasteiger partial charge on any atom is 0.344 e. The highest BCUT2D eigenvalue weighted by molar-refractivity contribution is 6.13. The van der Waals surface area contributed by atoms with Gasteiger partial charge in [0.05, 0.1) is 14.2 Å². The summed E-state index contributed by atoms with van der Waals surface area (Å²) < 4.78 is 15.7. The Morgan fingerprint density at radius 3 is 2.23 bits per heavy atom. The molecule has 1 fully saturated rings. The molecule has 0 atom stereocenters. The van der Waals surface area contributed by atoms with Crippen molar-refractivity contribution in [3.8, 4) is 0 Å². The van der Waals surface area contributed by atoms with Crippen LogP contribution in [-0.4, -0.2) is 39.0 Å². The van der Waals surface area contributed by atoms with Crippen LogP contribution < -0.4 is 4.90 Å². The summed E-state index contributed by atoms with van der Waals surface area (Å²) >= 11 is 0. The molecule has 3 rings (SSSR count). The summed E-state index contributed by atoms with van der Waals surface area (Å²) in [6, 6.07) is 9.60. The SMILES string of the molecule is COC(=O)c1c(C(=O)CCC2CCCC2)oc(N(C)Cc2ccccc2)c1C(=O)OC. The van der Waals surface area contributed by atoms with Gasteiger partial charge >= 0.3 is 11.9 Å². The normalized spacial score (nSPS) is 13.8. The van der Waals surface area contributed by atoms with Crippen LogP contribution in [0.5, 0.6) is 0 Å². The van der Waals surface area contributed by atoms with Gasteiger partial charge in [0.15, 0.2) is 11.5 Å². The van der Waals surface area contributed by atoms with E-state index in [9.17, 15) is 14.4 Å². The Labute approximate surface area is 182 Å². The third kappa shape index (κ3) is 5.16. The lowest BCUT2D eigenvalue weighted by Crippen LogP contribution is -2.20. The molecule has 0 amide bonds. The van der Waals surface area contributed by atoms with E-state index >= 15 is 0 Å². The quantitative estimate of drug-likeness (QED) is 0.425. The minimum absolute atomic E-state index is 0.0861. The van der Waals surface area contributed by atoms with Crippen LogP contribution in [0.2, 0.25) is 0 Å². The number of rotatable bonds is 9. The zero-order chi connectivity index (χ0) is 22.4. The molecule has 0 unspecified atom stereocenters. The van der Waals surface area contributed by atoms with E-state index in [0.29, 0.717) is 12.5 Å². The molecule has 0 aliphatic heterocycles. The molecule has 7 heteroatoms. The first-order valence-corrected chi connectivity index (χ1v) is 10.6. The van der Waals surface area contributed by atoms with E-state index in [4.69, 9.17) is 13.9 Å². The number of carbonyl (C=O) groups excluding carboxylic acids is 3. The van der Waals surface area contributed by atoms with Crippen molar-refractivity contribution in [1.82, 2.24) is 0 Å². The number of ketones is 1. The number of anilines is 1.